The second kappa shape index (κ2) is 9.05. The maximum atomic E-state index is 13.6. The van der Waals surface area contributed by atoms with E-state index in [4.69, 9.17) is 5.73 Å². The standard InChI is InChI=1S/C27H21F3N6O/c1-15-3-4-18(8-23(15)17-5-6-24-19(7-17)12-32-26(31)35-24)25(37)34-21-9-20(27(28,29)30)10-22(11-21)36-13-16(2)33-14-36/h3-14H,1-2H3,(H,34,37)(H2,31,32,35). The first kappa shape index (κ1) is 24.0. The Kier molecular flexibility index (Phi) is 5.87. The van der Waals surface area contributed by atoms with Gasteiger partial charge >= 0.3 is 6.18 Å². The summed E-state index contributed by atoms with van der Waals surface area (Å²) in [6, 6.07) is 14.1. The zero-order valence-corrected chi connectivity index (χ0v) is 19.8. The molecule has 0 bridgehead atoms. The lowest BCUT2D eigenvalue weighted by Gasteiger charge is -2.14. The molecule has 0 atom stereocenters. The summed E-state index contributed by atoms with van der Waals surface area (Å²) < 4.78 is 42.3. The van der Waals surface area contributed by atoms with Crippen LogP contribution in [0.4, 0.5) is 24.8 Å². The fourth-order valence-electron chi connectivity index (χ4n) is 4.05. The topological polar surface area (TPSA) is 98.7 Å². The minimum absolute atomic E-state index is 0.0174. The van der Waals surface area contributed by atoms with Crippen molar-refractivity contribution in [2.45, 2.75) is 20.0 Å². The van der Waals surface area contributed by atoms with E-state index < -0.39 is 17.6 Å². The third kappa shape index (κ3) is 4.99. The van der Waals surface area contributed by atoms with Gasteiger partial charge in [-0.3, -0.25) is 4.79 Å². The highest BCUT2D eigenvalue weighted by Crippen LogP contribution is 2.33. The first-order chi connectivity index (χ1) is 17.6. The molecule has 10 heteroatoms. The predicted octanol–water partition coefficient (Wildman–Crippen LogP) is 5.95. The maximum Gasteiger partial charge on any atom is 0.416 e. The number of carbonyl (C=O) groups is 1. The monoisotopic (exact) mass is 502 g/mol. The van der Waals surface area contributed by atoms with E-state index in [9.17, 15) is 18.0 Å². The van der Waals surface area contributed by atoms with E-state index >= 15 is 0 Å². The third-order valence-corrected chi connectivity index (χ3v) is 5.92. The molecule has 7 nitrogen and oxygen atoms in total. The molecular weight excluding hydrogens is 481 g/mol. The van der Waals surface area contributed by atoms with Crippen molar-refractivity contribution < 1.29 is 18.0 Å². The van der Waals surface area contributed by atoms with Crippen LogP contribution in [-0.2, 0) is 6.18 Å². The summed E-state index contributed by atoms with van der Waals surface area (Å²) in [5, 5.41) is 3.40. The van der Waals surface area contributed by atoms with Crippen LogP contribution < -0.4 is 11.1 Å². The molecule has 186 valence electrons. The van der Waals surface area contributed by atoms with E-state index in [2.05, 4.69) is 20.3 Å². The number of benzene rings is 3. The van der Waals surface area contributed by atoms with E-state index in [0.29, 0.717) is 16.8 Å². The second-order valence-electron chi connectivity index (χ2n) is 8.67. The number of carbonyl (C=O) groups excluding carboxylic acids is 1. The van der Waals surface area contributed by atoms with Crippen molar-refractivity contribution in [2.24, 2.45) is 0 Å². The first-order valence-electron chi connectivity index (χ1n) is 11.2. The third-order valence-electron chi connectivity index (χ3n) is 5.92. The number of amides is 1. The van der Waals surface area contributed by atoms with Crippen LogP contribution in [0.25, 0.3) is 27.7 Å². The molecular formula is C27H21F3N6O. The van der Waals surface area contributed by atoms with Gasteiger partial charge in [-0.05, 0) is 73.0 Å². The first-order valence-corrected chi connectivity index (χ1v) is 11.2. The SMILES string of the molecule is Cc1cn(-c2cc(NC(=O)c3ccc(C)c(-c4ccc5nc(N)ncc5c4)c3)cc(C(F)(F)F)c2)cn1. The fourth-order valence-corrected chi connectivity index (χ4v) is 4.05. The van der Waals surface area contributed by atoms with Crippen LogP contribution in [0.5, 0.6) is 0 Å². The van der Waals surface area contributed by atoms with Crippen LogP contribution in [0.1, 0.15) is 27.2 Å². The predicted molar refractivity (Wildman–Crippen MR) is 135 cm³/mol. The molecule has 0 aliphatic rings. The molecule has 0 aliphatic heterocycles. The Morgan fingerprint density at radius 1 is 1.00 bits per heavy atom. The average molecular weight is 503 g/mol. The summed E-state index contributed by atoms with van der Waals surface area (Å²) in [5.74, 6) is -0.360. The van der Waals surface area contributed by atoms with Crippen LogP contribution >= 0.6 is 0 Å². The number of halogens is 3. The molecule has 2 aromatic heterocycles. The van der Waals surface area contributed by atoms with Gasteiger partial charge in [0.2, 0.25) is 5.95 Å². The molecule has 37 heavy (non-hydrogen) atoms. The maximum absolute atomic E-state index is 13.6. The molecule has 0 radical (unpaired) electrons. The minimum Gasteiger partial charge on any atom is -0.368 e. The minimum atomic E-state index is -4.59. The second-order valence-corrected chi connectivity index (χ2v) is 8.67. The van der Waals surface area contributed by atoms with Crippen LogP contribution in [0.2, 0.25) is 0 Å². The number of hydrogen-bond acceptors (Lipinski definition) is 5. The van der Waals surface area contributed by atoms with Crippen molar-refractivity contribution in [3.05, 3.63) is 95.7 Å². The summed E-state index contributed by atoms with van der Waals surface area (Å²) >= 11 is 0. The molecule has 5 aromatic rings. The number of fused-ring (bicyclic) bond motifs is 1. The zero-order valence-electron chi connectivity index (χ0n) is 19.8. The summed E-state index contributed by atoms with van der Waals surface area (Å²) in [6.45, 7) is 3.65. The lowest BCUT2D eigenvalue weighted by Crippen LogP contribution is -2.14. The highest BCUT2D eigenvalue weighted by Gasteiger charge is 2.31. The Balaban J connectivity index is 1.49. The van der Waals surface area contributed by atoms with Crippen LogP contribution in [0.3, 0.4) is 0 Å². The van der Waals surface area contributed by atoms with E-state index in [0.717, 1.165) is 34.2 Å². The summed E-state index contributed by atoms with van der Waals surface area (Å²) in [7, 11) is 0. The van der Waals surface area contributed by atoms with E-state index in [-0.39, 0.29) is 17.3 Å². The van der Waals surface area contributed by atoms with Gasteiger partial charge in [0.1, 0.15) is 0 Å². The van der Waals surface area contributed by atoms with Gasteiger partial charge in [0.25, 0.3) is 5.91 Å². The van der Waals surface area contributed by atoms with E-state index in [1.807, 2.05) is 25.1 Å². The van der Waals surface area contributed by atoms with Crippen molar-refractivity contribution in [3.63, 3.8) is 0 Å². The van der Waals surface area contributed by atoms with Crippen molar-refractivity contribution >= 4 is 28.4 Å². The average Bonchev–Trinajstić information content (AvgIpc) is 3.29. The number of imidazole rings is 1. The van der Waals surface area contributed by atoms with Gasteiger partial charge < -0.3 is 15.6 Å². The smallest absolute Gasteiger partial charge is 0.368 e. The lowest BCUT2D eigenvalue weighted by molar-refractivity contribution is -0.137. The summed E-state index contributed by atoms with van der Waals surface area (Å²) in [6.07, 6.45) is 0.0640. The normalized spacial score (nSPS) is 11.6. The molecule has 3 N–H and O–H groups in total. The molecule has 0 aliphatic carbocycles. The quantitative estimate of drug-likeness (QED) is 0.316. The van der Waals surface area contributed by atoms with Crippen LogP contribution in [0.15, 0.2) is 73.3 Å². The van der Waals surface area contributed by atoms with E-state index in [1.54, 1.807) is 37.5 Å². The molecule has 0 spiro atoms. The molecule has 1 amide bonds. The summed E-state index contributed by atoms with van der Waals surface area (Å²) in [4.78, 5) is 25.4. The fraction of sp³-hybridized carbons (Fsp3) is 0.111. The molecule has 5 rings (SSSR count). The number of nitrogens with zero attached hydrogens (tertiary/aromatic N) is 4. The highest BCUT2D eigenvalue weighted by atomic mass is 19.4. The molecule has 0 fully saturated rings. The van der Waals surface area contributed by atoms with Crippen molar-refractivity contribution in [1.29, 1.82) is 0 Å². The number of aromatic nitrogens is 4. The Morgan fingerprint density at radius 2 is 1.81 bits per heavy atom. The largest absolute Gasteiger partial charge is 0.416 e. The molecule has 0 saturated heterocycles. The lowest BCUT2D eigenvalue weighted by atomic mass is 9.97. The molecule has 0 unspecified atom stereocenters. The van der Waals surface area contributed by atoms with Gasteiger partial charge in [-0.25, -0.2) is 15.0 Å². The van der Waals surface area contributed by atoms with Gasteiger partial charge in [0, 0.05) is 34.7 Å². The zero-order chi connectivity index (χ0) is 26.3. The van der Waals surface area contributed by atoms with E-state index in [1.165, 1.54) is 17.0 Å². The number of nitrogens with one attached hydrogen (secondary N) is 1. The van der Waals surface area contributed by atoms with Gasteiger partial charge in [-0.15, -0.1) is 0 Å². The van der Waals surface area contributed by atoms with Gasteiger partial charge in [-0.1, -0.05) is 12.1 Å². The Labute approximate surface area is 209 Å². The van der Waals surface area contributed by atoms with Crippen LogP contribution in [-0.4, -0.2) is 25.4 Å². The van der Waals surface area contributed by atoms with Crippen molar-refractivity contribution in [1.82, 2.24) is 19.5 Å². The Hall–Kier alpha value is -4.73. The number of alkyl halides is 3. The van der Waals surface area contributed by atoms with Crippen molar-refractivity contribution in [2.75, 3.05) is 11.1 Å². The van der Waals surface area contributed by atoms with Gasteiger partial charge in [-0.2, -0.15) is 13.2 Å². The van der Waals surface area contributed by atoms with Crippen molar-refractivity contribution in [3.8, 4) is 16.8 Å². The summed E-state index contributed by atoms with van der Waals surface area (Å²) in [5.41, 5.74) is 9.22. The number of hydrogen-bond donors (Lipinski definition) is 2. The molecule has 2 heterocycles. The number of rotatable bonds is 4. The number of aryl methyl sites for hydroxylation is 2. The highest BCUT2D eigenvalue weighted by molar-refractivity contribution is 6.05. The number of anilines is 2. The van der Waals surface area contributed by atoms with Crippen LogP contribution in [0, 0.1) is 13.8 Å². The van der Waals surface area contributed by atoms with Gasteiger partial charge in [0.05, 0.1) is 23.1 Å². The molecule has 3 aromatic carbocycles. The Morgan fingerprint density at radius 3 is 2.54 bits per heavy atom. The number of nitrogen functional groups attached to an aromatic ring is 1. The Bertz CT molecular complexity index is 1660. The molecule has 0 saturated carbocycles. The number of nitrogens with two attached hydrogens (primary N) is 1. The van der Waals surface area contributed by atoms with Gasteiger partial charge in [0.15, 0.2) is 0 Å².